The molecule has 4 rings (SSSR count). The Kier molecular flexibility index (Phi) is 4.25. The molecule has 134 valence electrons. The van der Waals surface area contributed by atoms with Gasteiger partial charge in [-0.25, -0.2) is 4.68 Å². The molecule has 0 radical (unpaired) electrons. The highest BCUT2D eigenvalue weighted by atomic mass is 16.5. The fourth-order valence-electron chi connectivity index (χ4n) is 3.95. The number of ether oxygens (including phenoxy) is 1. The Bertz CT molecular complexity index is 748. The Morgan fingerprint density at radius 2 is 2.08 bits per heavy atom. The molecular formula is C19H26N4O2. The molecule has 1 N–H and O–H groups in total. The normalized spacial score (nSPS) is 20.4. The summed E-state index contributed by atoms with van der Waals surface area (Å²) in [4.78, 5) is 2.49. The summed E-state index contributed by atoms with van der Waals surface area (Å²) in [5.74, 6) is 1.10. The summed E-state index contributed by atoms with van der Waals surface area (Å²) in [6.45, 7) is 7.26. The molecule has 2 aliphatic rings. The molecule has 6 nitrogen and oxygen atoms in total. The SMILES string of the molecule is CC1(C)Cc2cccc(CN3CCC(n4cc(CO)nn4)CC3)c2O1. The van der Waals surface area contributed by atoms with Gasteiger partial charge in [-0.3, -0.25) is 4.90 Å². The molecule has 0 amide bonds. The number of benzene rings is 1. The molecule has 0 saturated carbocycles. The zero-order valence-electron chi connectivity index (χ0n) is 15.0. The molecule has 1 saturated heterocycles. The monoisotopic (exact) mass is 342 g/mol. The third-order valence-corrected chi connectivity index (χ3v) is 5.22. The topological polar surface area (TPSA) is 63.4 Å². The molecule has 3 heterocycles. The Hall–Kier alpha value is -1.92. The number of fused-ring (bicyclic) bond motifs is 1. The molecule has 0 bridgehead atoms. The van der Waals surface area contributed by atoms with Gasteiger partial charge in [-0.1, -0.05) is 23.4 Å². The highest BCUT2D eigenvalue weighted by molar-refractivity contribution is 5.45. The van der Waals surface area contributed by atoms with E-state index in [0.29, 0.717) is 11.7 Å². The number of para-hydroxylation sites is 1. The lowest BCUT2D eigenvalue weighted by molar-refractivity contribution is 0.132. The molecule has 25 heavy (non-hydrogen) atoms. The number of piperidine rings is 1. The highest BCUT2D eigenvalue weighted by Gasteiger charge is 2.32. The van der Waals surface area contributed by atoms with Crippen molar-refractivity contribution in [2.24, 2.45) is 0 Å². The maximum atomic E-state index is 9.13. The van der Waals surface area contributed by atoms with Crippen LogP contribution in [-0.4, -0.2) is 43.7 Å². The van der Waals surface area contributed by atoms with Crippen LogP contribution in [0.3, 0.4) is 0 Å². The lowest BCUT2D eigenvalue weighted by Crippen LogP contribution is -2.34. The fraction of sp³-hybridized carbons (Fsp3) is 0.579. The van der Waals surface area contributed by atoms with Crippen LogP contribution in [0.25, 0.3) is 0 Å². The molecule has 0 spiro atoms. The quantitative estimate of drug-likeness (QED) is 0.924. The third kappa shape index (κ3) is 3.41. The van der Waals surface area contributed by atoms with Gasteiger partial charge >= 0.3 is 0 Å². The van der Waals surface area contributed by atoms with E-state index >= 15 is 0 Å². The molecule has 0 aliphatic carbocycles. The van der Waals surface area contributed by atoms with E-state index in [2.05, 4.69) is 47.3 Å². The second-order valence-corrected chi connectivity index (χ2v) is 7.80. The molecule has 2 aliphatic heterocycles. The molecule has 1 aromatic carbocycles. The van der Waals surface area contributed by atoms with E-state index < -0.39 is 0 Å². The summed E-state index contributed by atoms with van der Waals surface area (Å²) in [7, 11) is 0. The third-order valence-electron chi connectivity index (χ3n) is 5.22. The maximum absolute atomic E-state index is 9.13. The van der Waals surface area contributed by atoms with Gasteiger partial charge in [0, 0.05) is 31.6 Å². The first-order valence-corrected chi connectivity index (χ1v) is 9.08. The van der Waals surface area contributed by atoms with Crippen LogP contribution >= 0.6 is 0 Å². The molecule has 0 unspecified atom stereocenters. The number of aliphatic hydroxyl groups excluding tert-OH is 1. The van der Waals surface area contributed by atoms with Gasteiger partial charge in [0.15, 0.2) is 0 Å². The Labute approximate surface area is 148 Å². The number of hydrogen-bond donors (Lipinski definition) is 1. The number of aromatic nitrogens is 3. The van der Waals surface area contributed by atoms with Crippen LogP contribution in [0.15, 0.2) is 24.4 Å². The lowest BCUT2D eigenvalue weighted by atomic mass is 10.00. The molecule has 6 heteroatoms. The van der Waals surface area contributed by atoms with Crippen molar-refractivity contribution in [2.75, 3.05) is 13.1 Å². The summed E-state index contributed by atoms with van der Waals surface area (Å²) < 4.78 is 8.11. The van der Waals surface area contributed by atoms with Crippen molar-refractivity contribution in [3.8, 4) is 5.75 Å². The van der Waals surface area contributed by atoms with Gasteiger partial charge in [-0.05, 0) is 32.3 Å². The van der Waals surface area contributed by atoms with Crippen molar-refractivity contribution >= 4 is 0 Å². The van der Waals surface area contributed by atoms with Gasteiger partial charge in [0.25, 0.3) is 0 Å². The smallest absolute Gasteiger partial charge is 0.127 e. The Balaban J connectivity index is 1.39. The standard InChI is InChI=1S/C19H26N4O2/c1-19(2)10-14-4-3-5-15(18(14)25-19)11-22-8-6-17(7-9-22)23-12-16(13-24)20-21-23/h3-5,12,17,24H,6-11,13H2,1-2H3. The number of nitrogens with zero attached hydrogens (tertiary/aromatic N) is 4. The first kappa shape index (κ1) is 16.5. The summed E-state index contributed by atoms with van der Waals surface area (Å²) in [5, 5.41) is 17.3. The van der Waals surface area contributed by atoms with E-state index in [-0.39, 0.29) is 12.2 Å². The van der Waals surface area contributed by atoms with Crippen molar-refractivity contribution in [1.82, 2.24) is 19.9 Å². The van der Waals surface area contributed by atoms with Gasteiger partial charge in [0.1, 0.15) is 17.0 Å². The van der Waals surface area contributed by atoms with Crippen LogP contribution in [0.4, 0.5) is 0 Å². The van der Waals surface area contributed by atoms with Crippen LogP contribution in [0.2, 0.25) is 0 Å². The van der Waals surface area contributed by atoms with E-state index in [9.17, 15) is 0 Å². The van der Waals surface area contributed by atoms with Crippen molar-refractivity contribution < 1.29 is 9.84 Å². The molecule has 1 fully saturated rings. The van der Waals surface area contributed by atoms with E-state index in [4.69, 9.17) is 9.84 Å². The lowest BCUT2D eigenvalue weighted by Gasteiger charge is -2.32. The number of aliphatic hydroxyl groups is 1. The van der Waals surface area contributed by atoms with Crippen molar-refractivity contribution in [3.63, 3.8) is 0 Å². The van der Waals surface area contributed by atoms with E-state index in [1.54, 1.807) is 0 Å². The first-order valence-electron chi connectivity index (χ1n) is 9.08. The second kappa shape index (κ2) is 6.42. The highest BCUT2D eigenvalue weighted by Crippen LogP contribution is 2.38. The summed E-state index contributed by atoms with van der Waals surface area (Å²) in [5.41, 5.74) is 3.17. The second-order valence-electron chi connectivity index (χ2n) is 7.80. The van der Waals surface area contributed by atoms with Crippen LogP contribution in [0.1, 0.15) is 49.6 Å². The van der Waals surface area contributed by atoms with Gasteiger partial charge in [0.05, 0.1) is 18.8 Å². The predicted octanol–water partition coefficient (Wildman–Crippen LogP) is 2.32. The molecular weight excluding hydrogens is 316 g/mol. The van der Waals surface area contributed by atoms with Gasteiger partial charge in [-0.15, -0.1) is 5.10 Å². The fourth-order valence-corrected chi connectivity index (χ4v) is 3.95. The molecule has 1 aromatic heterocycles. The van der Waals surface area contributed by atoms with Gasteiger partial charge < -0.3 is 9.84 Å². The van der Waals surface area contributed by atoms with Crippen LogP contribution in [0, 0.1) is 0 Å². The largest absolute Gasteiger partial charge is 0.487 e. The summed E-state index contributed by atoms with van der Waals surface area (Å²) >= 11 is 0. The zero-order chi connectivity index (χ0) is 17.4. The minimum atomic E-state index is -0.0943. The summed E-state index contributed by atoms with van der Waals surface area (Å²) in [6, 6.07) is 6.90. The minimum absolute atomic E-state index is 0.0473. The van der Waals surface area contributed by atoms with E-state index in [1.807, 2.05) is 10.9 Å². The average molecular weight is 342 g/mol. The van der Waals surface area contributed by atoms with Crippen LogP contribution in [0.5, 0.6) is 5.75 Å². The maximum Gasteiger partial charge on any atom is 0.127 e. The number of hydrogen-bond acceptors (Lipinski definition) is 5. The van der Waals surface area contributed by atoms with Crippen molar-refractivity contribution in [2.45, 2.75) is 57.9 Å². The van der Waals surface area contributed by atoms with Crippen LogP contribution in [-0.2, 0) is 19.6 Å². The van der Waals surface area contributed by atoms with Crippen LogP contribution < -0.4 is 4.74 Å². The van der Waals surface area contributed by atoms with Gasteiger partial charge in [0.2, 0.25) is 0 Å². The van der Waals surface area contributed by atoms with Crippen molar-refractivity contribution in [3.05, 3.63) is 41.2 Å². The molecule has 0 atom stereocenters. The number of rotatable bonds is 4. The summed E-state index contributed by atoms with van der Waals surface area (Å²) in [6.07, 6.45) is 4.95. The average Bonchev–Trinajstić information content (AvgIpc) is 3.19. The van der Waals surface area contributed by atoms with E-state index in [1.165, 1.54) is 11.1 Å². The Morgan fingerprint density at radius 1 is 1.28 bits per heavy atom. The van der Waals surface area contributed by atoms with Crippen molar-refractivity contribution in [1.29, 1.82) is 0 Å². The minimum Gasteiger partial charge on any atom is -0.487 e. The zero-order valence-corrected chi connectivity index (χ0v) is 15.0. The van der Waals surface area contributed by atoms with Gasteiger partial charge in [-0.2, -0.15) is 0 Å². The first-order chi connectivity index (χ1) is 12.0. The number of likely N-dealkylation sites (tertiary alicyclic amines) is 1. The van der Waals surface area contributed by atoms with E-state index in [0.717, 1.165) is 44.6 Å². The molecule has 2 aromatic rings. The Morgan fingerprint density at radius 3 is 2.80 bits per heavy atom. The predicted molar refractivity (Wildman–Crippen MR) is 94.3 cm³/mol.